The second-order valence-electron chi connectivity index (χ2n) is 4.49. The maximum atomic E-state index is 12.1. The molecule has 18 heavy (non-hydrogen) atoms. The van der Waals surface area contributed by atoms with Gasteiger partial charge in [-0.15, -0.1) is 0 Å². The Bertz CT molecular complexity index is 458. The van der Waals surface area contributed by atoms with Crippen molar-refractivity contribution in [3.8, 4) is 5.75 Å². The first-order valence-corrected chi connectivity index (χ1v) is 7.10. The summed E-state index contributed by atoms with van der Waals surface area (Å²) in [7, 11) is 1.54. The van der Waals surface area contributed by atoms with Crippen LogP contribution in [0.4, 0.5) is 5.69 Å². The third kappa shape index (κ3) is 2.56. The van der Waals surface area contributed by atoms with Crippen LogP contribution in [-0.4, -0.2) is 30.6 Å². The van der Waals surface area contributed by atoms with Crippen molar-refractivity contribution < 1.29 is 9.53 Å². The highest BCUT2D eigenvalue weighted by Crippen LogP contribution is 2.46. The van der Waals surface area contributed by atoms with Crippen molar-refractivity contribution in [2.45, 2.75) is 17.6 Å². The number of nitrogens with one attached hydrogen (secondary N) is 1. The van der Waals surface area contributed by atoms with Gasteiger partial charge in [-0.1, -0.05) is 6.07 Å². The van der Waals surface area contributed by atoms with E-state index in [-0.39, 0.29) is 10.7 Å². The lowest BCUT2D eigenvalue weighted by Crippen LogP contribution is -2.32. The van der Waals surface area contributed by atoms with Crippen LogP contribution >= 0.6 is 11.8 Å². The first-order valence-electron chi connectivity index (χ1n) is 5.88. The van der Waals surface area contributed by atoms with Gasteiger partial charge in [0.1, 0.15) is 5.75 Å². The molecule has 0 unspecified atom stereocenters. The van der Waals surface area contributed by atoms with Crippen LogP contribution in [0.1, 0.15) is 23.2 Å². The molecule has 0 aliphatic heterocycles. The van der Waals surface area contributed by atoms with Crippen LogP contribution in [0.15, 0.2) is 18.2 Å². The summed E-state index contributed by atoms with van der Waals surface area (Å²) in [6.07, 6.45) is 4.42. The summed E-state index contributed by atoms with van der Waals surface area (Å²) in [5.74, 6) is 0.403. The van der Waals surface area contributed by atoms with Gasteiger partial charge < -0.3 is 15.8 Å². The zero-order chi connectivity index (χ0) is 13.2. The number of hydrogen-bond acceptors (Lipinski definition) is 4. The topological polar surface area (TPSA) is 64.3 Å². The number of carbonyl (C=O) groups is 1. The van der Waals surface area contributed by atoms with Crippen molar-refractivity contribution in [3.05, 3.63) is 23.8 Å². The fraction of sp³-hybridized carbons (Fsp3) is 0.462. The smallest absolute Gasteiger partial charge is 0.253 e. The summed E-state index contributed by atoms with van der Waals surface area (Å²) in [6.45, 7) is 0.698. The highest BCUT2D eigenvalue weighted by Gasteiger charge is 2.42. The summed E-state index contributed by atoms with van der Waals surface area (Å²) in [4.78, 5) is 12.1. The molecule has 1 saturated carbocycles. The van der Waals surface area contributed by atoms with Gasteiger partial charge in [0.2, 0.25) is 0 Å². The molecule has 1 aliphatic rings. The number of nitrogens with two attached hydrogens (primary N) is 1. The lowest BCUT2D eigenvalue weighted by atomic mass is 10.1. The lowest BCUT2D eigenvalue weighted by molar-refractivity contribution is 0.0953. The highest BCUT2D eigenvalue weighted by molar-refractivity contribution is 8.00. The number of amides is 1. The van der Waals surface area contributed by atoms with Crippen LogP contribution in [0.5, 0.6) is 5.75 Å². The Balaban J connectivity index is 2.05. The van der Waals surface area contributed by atoms with Crippen LogP contribution < -0.4 is 15.8 Å². The van der Waals surface area contributed by atoms with E-state index in [4.69, 9.17) is 10.5 Å². The van der Waals surface area contributed by atoms with Gasteiger partial charge in [-0.05, 0) is 31.2 Å². The van der Waals surface area contributed by atoms with Crippen LogP contribution in [0.25, 0.3) is 0 Å². The highest BCUT2D eigenvalue weighted by atomic mass is 32.2. The van der Waals surface area contributed by atoms with E-state index in [1.807, 2.05) is 11.8 Å². The van der Waals surface area contributed by atoms with Gasteiger partial charge in [-0.25, -0.2) is 0 Å². The van der Waals surface area contributed by atoms with E-state index in [0.29, 0.717) is 23.5 Å². The Labute approximate surface area is 111 Å². The molecular weight excluding hydrogens is 248 g/mol. The van der Waals surface area contributed by atoms with Crippen molar-refractivity contribution in [1.82, 2.24) is 5.32 Å². The molecule has 0 heterocycles. The van der Waals surface area contributed by atoms with Crippen LogP contribution in [0.3, 0.4) is 0 Å². The Morgan fingerprint density at radius 3 is 2.83 bits per heavy atom. The number of hydrogen-bond donors (Lipinski definition) is 2. The van der Waals surface area contributed by atoms with Crippen molar-refractivity contribution in [2.24, 2.45) is 0 Å². The molecule has 0 spiro atoms. The lowest BCUT2D eigenvalue weighted by Gasteiger charge is -2.14. The van der Waals surface area contributed by atoms with Gasteiger partial charge in [0.25, 0.3) is 5.91 Å². The van der Waals surface area contributed by atoms with Crippen molar-refractivity contribution in [3.63, 3.8) is 0 Å². The molecule has 1 amide bonds. The van der Waals surface area contributed by atoms with Gasteiger partial charge >= 0.3 is 0 Å². The molecule has 0 bridgehead atoms. The van der Waals surface area contributed by atoms with E-state index in [9.17, 15) is 4.79 Å². The average Bonchev–Trinajstić information content (AvgIpc) is 3.17. The number of para-hydroxylation sites is 1. The number of benzene rings is 1. The molecule has 3 N–H and O–H groups in total. The molecule has 2 rings (SSSR count). The van der Waals surface area contributed by atoms with Crippen molar-refractivity contribution in [1.29, 1.82) is 0 Å². The van der Waals surface area contributed by atoms with Gasteiger partial charge in [0, 0.05) is 11.3 Å². The first-order chi connectivity index (χ1) is 8.62. The number of rotatable bonds is 5. The minimum absolute atomic E-state index is 0.133. The van der Waals surface area contributed by atoms with Crippen molar-refractivity contribution >= 4 is 23.4 Å². The zero-order valence-corrected chi connectivity index (χ0v) is 11.5. The van der Waals surface area contributed by atoms with Gasteiger partial charge in [0.15, 0.2) is 0 Å². The maximum absolute atomic E-state index is 12.1. The van der Waals surface area contributed by atoms with E-state index in [2.05, 4.69) is 11.6 Å². The second-order valence-corrected chi connectivity index (χ2v) is 5.77. The summed E-state index contributed by atoms with van der Waals surface area (Å²) in [5.41, 5.74) is 6.76. The predicted molar refractivity (Wildman–Crippen MR) is 75.2 cm³/mol. The molecular formula is C13H18N2O2S. The normalized spacial score (nSPS) is 16.1. The molecule has 98 valence electrons. The number of carbonyl (C=O) groups excluding carboxylic acids is 1. The Hall–Kier alpha value is -1.36. The number of ether oxygens (including phenoxy) is 1. The Morgan fingerprint density at radius 1 is 1.56 bits per heavy atom. The third-order valence-electron chi connectivity index (χ3n) is 3.34. The number of thioether (sulfide) groups is 1. The average molecular weight is 266 g/mol. The number of methoxy groups -OCH3 is 1. The Morgan fingerprint density at radius 2 is 2.28 bits per heavy atom. The fourth-order valence-corrected chi connectivity index (χ4v) is 2.58. The SMILES string of the molecule is COc1cccc(C(=O)NCC2(SC)CC2)c1N. The summed E-state index contributed by atoms with van der Waals surface area (Å²) < 4.78 is 5.36. The van der Waals surface area contributed by atoms with E-state index in [1.54, 1.807) is 25.3 Å². The molecule has 1 aromatic carbocycles. The number of nitrogen functional groups attached to an aromatic ring is 1. The van der Waals surface area contributed by atoms with Crippen LogP contribution in [0, 0.1) is 0 Å². The third-order valence-corrected chi connectivity index (χ3v) is 4.76. The van der Waals surface area contributed by atoms with E-state index >= 15 is 0 Å². The monoisotopic (exact) mass is 266 g/mol. The van der Waals surface area contributed by atoms with Gasteiger partial charge in [-0.3, -0.25) is 4.79 Å². The van der Waals surface area contributed by atoms with Crippen LogP contribution in [-0.2, 0) is 0 Å². The summed E-state index contributed by atoms with van der Waals surface area (Å²) >= 11 is 1.82. The van der Waals surface area contributed by atoms with E-state index in [1.165, 1.54) is 12.8 Å². The molecule has 1 aliphatic carbocycles. The Kier molecular flexibility index (Phi) is 3.71. The minimum atomic E-state index is -0.133. The number of anilines is 1. The minimum Gasteiger partial charge on any atom is -0.495 e. The fourth-order valence-electron chi connectivity index (χ4n) is 1.85. The quantitative estimate of drug-likeness (QED) is 0.799. The van der Waals surface area contributed by atoms with Crippen molar-refractivity contribution in [2.75, 3.05) is 25.6 Å². The maximum Gasteiger partial charge on any atom is 0.253 e. The van der Waals surface area contributed by atoms with E-state index in [0.717, 1.165) is 0 Å². The van der Waals surface area contributed by atoms with Gasteiger partial charge in [-0.2, -0.15) is 11.8 Å². The molecule has 1 fully saturated rings. The molecule has 0 radical (unpaired) electrons. The second kappa shape index (κ2) is 5.10. The van der Waals surface area contributed by atoms with Crippen LogP contribution in [0.2, 0.25) is 0 Å². The summed E-state index contributed by atoms with van der Waals surface area (Å²) in [6, 6.07) is 5.23. The largest absolute Gasteiger partial charge is 0.495 e. The molecule has 0 atom stereocenters. The van der Waals surface area contributed by atoms with Gasteiger partial charge in [0.05, 0.1) is 18.4 Å². The summed E-state index contributed by atoms with van der Waals surface area (Å²) in [5, 5.41) is 2.95. The molecule has 0 saturated heterocycles. The first kappa shape index (κ1) is 13.1. The molecule has 5 heteroatoms. The molecule has 4 nitrogen and oxygen atoms in total. The van der Waals surface area contributed by atoms with E-state index < -0.39 is 0 Å². The predicted octanol–water partition coefficient (Wildman–Crippen LogP) is 1.90. The molecule has 0 aromatic heterocycles. The standard InChI is InChI=1S/C13H18N2O2S/c1-17-10-5-3-4-9(11(10)14)12(16)15-8-13(18-2)6-7-13/h3-5H,6-8,14H2,1-2H3,(H,15,16). The zero-order valence-electron chi connectivity index (χ0n) is 10.7. The molecule has 1 aromatic rings.